The van der Waals surface area contributed by atoms with Crippen LogP contribution in [0.15, 0.2) is 77.7 Å². The van der Waals surface area contributed by atoms with Crippen LogP contribution >= 0.6 is 11.6 Å². The molecule has 1 atom stereocenters. The molecule has 2 amide bonds. The number of nitrogens with zero attached hydrogens (tertiary/aromatic N) is 2. The molecule has 0 saturated carbocycles. The molecule has 3 aromatic carbocycles. The van der Waals surface area contributed by atoms with Crippen molar-refractivity contribution in [3.63, 3.8) is 0 Å². The standard InChI is InChI=1S/C32H40ClN3O5S/c1-5-8-21-34-32(38)28(6-2)35(22-25-14-10-9-13-24(25)4)31(37)23-36(29-15-11-12-16-30(29)41-7-3)42(39,40)27-19-17-26(33)18-20-27/h9-20,28H,5-8,21-23H2,1-4H3,(H,34,38). The quantitative estimate of drug-likeness (QED) is 0.213. The molecule has 8 nitrogen and oxygen atoms in total. The highest BCUT2D eigenvalue weighted by Gasteiger charge is 2.34. The molecule has 10 heteroatoms. The SMILES string of the molecule is CCCCNC(=O)C(CC)N(Cc1ccccc1C)C(=O)CN(c1ccccc1OCC)S(=O)(=O)c1ccc(Cl)cc1. The monoisotopic (exact) mass is 613 g/mol. The van der Waals surface area contributed by atoms with E-state index in [1.54, 1.807) is 31.2 Å². The Balaban J connectivity index is 2.10. The molecule has 1 unspecified atom stereocenters. The molecular weight excluding hydrogens is 574 g/mol. The van der Waals surface area contributed by atoms with Crippen molar-refractivity contribution >= 4 is 39.1 Å². The van der Waals surface area contributed by atoms with E-state index in [-0.39, 0.29) is 23.0 Å². The summed E-state index contributed by atoms with van der Waals surface area (Å²) < 4.78 is 35.0. The second-order valence-corrected chi connectivity index (χ2v) is 12.2. The Morgan fingerprint density at radius 3 is 2.26 bits per heavy atom. The summed E-state index contributed by atoms with van der Waals surface area (Å²) in [6.07, 6.45) is 2.09. The van der Waals surface area contributed by atoms with Crippen LogP contribution in [0.2, 0.25) is 5.02 Å². The molecule has 0 bridgehead atoms. The van der Waals surface area contributed by atoms with Crippen LogP contribution < -0.4 is 14.4 Å². The number of para-hydroxylation sites is 2. The lowest BCUT2D eigenvalue weighted by atomic mass is 10.1. The van der Waals surface area contributed by atoms with E-state index in [2.05, 4.69) is 5.32 Å². The zero-order valence-electron chi connectivity index (χ0n) is 24.7. The number of ether oxygens (including phenoxy) is 1. The van der Waals surface area contributed by atoms with Gasteiger partial charge in [-0.25, -0.2) is 8.42 Å². The number of carbonyl (C=O) groups is 2. The van der Waals surface area contributed by atoms with Gasteiger partial charge in [-0.05, 0) is 74.2 Å². The minimum absolute atomic E-state index is 0.0270. The number of unbranched alkanes of at least 4 members (excludes halogenated alkanes) is 1. The summed E-state index contributed by atoms with van der Waals surface area (Å²) in [6.45, 7) is 8.02. The molecule has 1 N–H and O–H groups in total. The van der Waals surface area contributed by atoms with Crippen molar-refractivity contribution in [3.05, 3.63) is 88.9 Å². The fourth-order valence-electron chi connectivity index (χ4n) is 4.58. The van der Waals surface area contributed by atoms with E-state index >= 15 is 0 Å². The van der Waals surface area contributed by atoms with Crippen molar-refractivity contribution in [1.82, 2.24) is 10.2 Å². The van der Waals surface area contributed by atoms with Crippen molar-refractivity contribution in [2.24, 2.45) is 0 Å². The molecule has 42 heavy (non-hydrogen) atoms. The first-order chi connectivity index (χ1) is 20.1. The number of amides is 2. The van der Waals surface area contributed by atoms with Gasteiger partial charge >= 0.3 is 0 Å². The maximum absolute atomic E-state index is 14.3. The zero-order chi connectivity index (χ0) is 30.7. The summed E-state index contributed by atoms with van der Waals surface area (Å²) in [7, 11) is -4.24. The van der Waals surface area contributed by atoms with Crippen LogP contribution in [0, 0.1) is 6.92 Å². The van der Waals surface area contributed by atoms with E-state index in [0.29, 0.717) is 30.3 Å². The molecule has 0 aliphatic carbocycles. The van der Waals surface area contributed by atoms with E-state index < -0.39 is 28.5 Å². The van der Waals surface area contributed by atoms with E-state index in [9.17, 15) is 18.0 Å². The van der Waals surface area contributed by atoms with Gasteiger partial charge in [-0.2, -0.15) is 0 Å². The van der Waals surface area contributed by atoms with Gasteiger partial charge in [-0.15, -0.1) is 0 Å². The van der Waals surface area contributed by atoms with Gasteiger partial charge in [0.2, 0.25) is 11.8 Å². The number of anilines is 1. The summed E-state index contributed by atoms with van der Waals surface area (Å²) in [5, 5.41) is 3.33. The maximum atomic E-state index is 14.3. The molecule has 0 spiro atoms. The largest absolute Gasteiger partial charge is 0.492 e. The van der Waals surface area contributed by atoms with Gasteiger partial charge in [0.15, 0.2) is 0 Å². The number of benzene rings is 3. The van der Waals surface area contributed by atoms with Crippen LogP contribution in [-0.4, -0.2) is 50.9 Å². The molecule has 226 valence electrons. The fourth-order valence-corrected chi connectivity index (χ4v) is 6.14. The molecular formula is C32H40ClN3O5S. The molecule has 0 aliphatic rings. The number of sulfonamides is 1. The Bertz CT molecular complexity index is 1450. The first-order valence-electron chi connectivity index (χ1n) is 14.3. The van der Waals surface area contributed by atoms with Crippen LogP contribution in [0.4, 0.5) is 5.69 Å². The van der Waals surface area contributed by atoms with Crippen LogP contribution in [0.25, 0.3) is 0 Å². The van der Waals surface area contributed by atoms with Crippen LogP contribution in [0.3, 0.4) is 0 Å². The number of hydrogen-bond acceptors (Lipinski definition) is 5. The summed E-state index contributed by atoms with van der Waals surface area (Å²) in [4.78, 5) is 29.1. The van der Waals surface area contributed by atoms with Crippen LogP contribution in [0.1, 0.15) is 51.2 Å². The van der Waals surface area contributed by atoms with Crippen molar-refractivity contribution < 1.29 is 22.7 Å². The second kappa shape index (κ2) is 15.6. The zero-order valence-corrected chi connectivity index (χ0v) is 26.2. The highest BCUT2D eigenvalue weighted by molar-refractivity contribution is 7.92. The molecule has 3 aromatic rings. The smallest absolute Gasteiger partial charge is 0.264 e. The molecule has 0 aliphatic heterocycles. The molecule has 0 saturated heterocycles. The minimum Gasteiger partial charge on any atom is -0.492 e. The molecule has 3 rings (SSSR count). The van der Waals surface area contributed by atoms with Gasteiger partial charge in [0.25, 0.3) is 10.0 Å². The Labute approximate surface area is 254 Å². The second-order valence-electron chi connectivity index (χ2n) is 9.88. The summed E-state index contributed by atoms with van der Waals surface area (Å²) >= 11 is 6.04. The fraction of sp³-hybridized carbons (Fsp3) is 0.375. The topological polar surface area (TPSA) is 96.0 Å². The van der Waals surface area contributed by atoms with E-state index in [4.69, 9.17) is 16.3 Å². The van der Waals surface area contributed by atoms with E-state index in [0.717, 1.165) is 28.3 Å². The average molecular weight is 614 g/mol. The molecule has 0 heterocycles. The molecule has 0 radical (unpaired) electrons. The average Bonchev–Trinajstić information content (AvgIpc) is 2.97. The van der Waals surface area contributed by atoms with E-state index in [1.165, 1.54) is 29.2 Å². The number of carbonyl (C=O) groups excluding carboxylic acids is 2. The number of rotatable bonds is 15. The third-order valence-corrected chi connectivity index (χ3v) is 8.96. The number of halogens is 1. The van der Waals surface area contributed by atoms with Crippen molar-refractivity contribution in [2.45, 2.75) is 64.4 Å². The number of aryl methyl sites for hydroxylation is 1. The van der Waals surface area contributed by atoms with Gasteiger partial charge in [-0.3, -0.25) is 13.9 Å². The van der Waals surface area contributed by atoms with Crippen molar-refractivity contribution in [2.75, 3.05) is 24.0 Å². The number of hydrogen-bond donors (Lipinski definition) is 1. The lowest BCUT2D eigenvalue weighted by Crippen LogP contribution is -2.52. The molecule has 0 aromatic heterocycles. The summed E-state index contributed by atoms with van der Waals surface area (Å²) in [6, 6.07) is 19.3. The van der Waals surface area contributed by atoms with Gasteiger partial charge in [-0.1, -0.05) is 68.3 Å². The van der Waals surface area contributed by atoms with Gasteiger partial charge in [0.05, 0.1) is 17.2 Å². The van der Waals surface area contributed by atoms with Gasteiger partial charge < -0.3 is 15.0 Å². The molecule has 0 fully saturated rings. The van der Waals surface area contributed by atoms with Crippen molar-refractivity contribution in [1.29, 1.82) is 0 Å². The lowest BCUT2D eigenvalue weighted by molar-refractivity contribution is -0.140. The van der Waals surface area contributed by atoms with Crippen LogP contribution in [0.5, 0.6) is 5.75 Å². The van der Waals surface area contributed by atoms with Gasteiger partial charge in [0, 0.05) is 18.1 Å². The minimum atomic E-state index is -4.24. The van der Waals surface area contributed by atoms with Gasteiger partial charge in [0.1, 0.15) is 18.3 Å². The first kappa shape index (κ1) is 32.9. The maximum Gasteiger partial charge on any atom is 0.264 e. The third-order valence-electron chi connectivity index (χ3n) is 6.93. The normalized spacial score (nSPS) is 11.9. The Kier molecular flexibility index (Phi) is 12.2. The Morgan fingerprint density at radius 2 is 1.62 bits per heavy atom. The lowest BCUT2D eigenvalue weighted by Gasteiger charge is -2.34. The van der Waals surface area contributed by atoms with E-state index in [1.807, 2.05) is 45.0 Å². The predicted molar refractivity (Wildman–Crippen MR) is 167 cm³/mol. The highest BCUT2D eigenvalue weighted by Crippen LogP contribution is 2.33. The summed E-state index contributed by atoms with van der Waals surface area (Å²) in [5.74, 6) is -0.463. The third kappa shape index (κ3) is 8.26. The summed E-state index contributed by atoms with van der Waals surface area (Å²) in [5.41, 5.74) is 2.05. The Hall–Kier alpha value is -3.56. The first-order valence-corrected chi connectivity index (χ1v) is 16.1. The number of nitrogens with one attached hydrogen (secondary N) is 1. The van der Waals surface area contributed by atoms with Crippen LogP contribution in [-0.2, 0) is 26.2 Å². The predicted octanol–water partition coefficient (Wildman–Crippen LogP) is 5.97. The Morgan fingerprint density at radius 1 is 0.952 bits per heavy atom. The highest BCUT2D eigenvalue weighted by atomic mass is 35.5. The van der Waals surface area contributed by atoms with Crippen molar-refractivity contribution in [3.8, 4) is 5.75 Å².